The molecule has 1 aromatic heterocycles. The van der Waals surface area contributed by atoms with E-state index < -0.39 is 11.9 Å². The third-order valence-electron chi connectivity index (χ3n) is 10.9. The number of nitrogens with zero attached hydrogens (tertiary/aromatic N) is 6. The van der Waals surface area contributed by atoms with Gasteiger partial charge in [0.05, 0.1) is 17.4 Å². The van der Waals surface area contributed by atoms with Crippen molar-refractivity contribution >= 4 is 29.2 Å². The Kier molecular flexibility index (Phi) is 8.32. The number of carbonyl (C=O) groups excluding carboxylic acids is 3. The number of aromatic nitrogens is 2. The van der Waals surface area contributed by atoms with Crippen molar-refractivity contribution in [1.29, 1.82) is 0 Å². The Bertz CT molecular complexity index is 1780. The minimum Gasteiger partial charge on any atom is -0.507 e. The van der Waals surface area contributed by atoms with Crippen LogP contribution in [0.4, 0.5) is 11.5 Å². The second kappa shape index (κ2) is 12.9. The van der Waals surface area contributed by atoms with E-state index in [2.05, 4.69) is 42.5 Å². The SMILES string of the molecule is CC(COc1ccc2c(c1)CN(C1CCC(=O)NC1=O)C2=O)N1CCC(N2CCN3c4cc(-c5ccccc5O)nnc4NCC3C2)CC1. The van der Waals surface area contributed by atoms with Crippen LogP contribution >= 0.6 is 0 Å². The van der Waals surface area contributed by atoms with Gasteiger partial charge in [-0.05, 0) is 68.1 Å². The first kappa shape index (κ1) is 31.5. The fraction of sp³-hybridized carbons (Fsp3) is 0.472. The number of carbonyl (C=O) groups is 3. The number of hydrogen-bond acceptors (Lipinski definition) is 11. The first-order chi connectivity index (χ1) is 23.8. The highest BCUT2D eigenvalue weighted by atomic mass is 16.5. The topological polar surface area (TPSA) is 143 Å². The molecule has 3 fully saturated rings. The van der Waals surface area contributed by atoms with Gasteiger partial charge in [0.2, 0.25) is 11.8 Å². The number of piperazine rings is 1. The molecule has 0 bridgehead atoms. The number of hydrogen-bond donors (Lipinski definition) is 3. The fourth-order valence-corrected chi connectivity index (χ4v) is 8.12. The zero-order valence-corrected chi connectivity index (χ0v) is 27.7. The summed E-state index contributed by atoms with van der Waals surface area (Å²) in [6, 6.07) is 15.3. The minimum absolute atomic E-state index is 0.175. The second-order valence-corrected chi connectivity index (χ2v) is 13.8. The van der Waals surface area contributed by atoms with Crippen molar-refractivity contribution in [3.05, 3.63) is 59.7 Å². The van der Waals surface area contributed by atoms with E-state index in [1.54, 1.807) is 17.0 Å². The van der Waals surface area contributed by atoms with Crippen molar-refractivity contribution in [3.63, 3.8) is 0 Å². The van der Waals surface area contributed by atoms with Crippen LogP contribution in [0, 0.1) is 0 Å². The highest BCUT2D eigenvalue weighted by Gasteiger charge is 2.40. The molecule has 3 saturated heterocycles. The lowest BCUT2D eigenvalue weighted by atomic mass is 9.98. The summed E-state index contributed by atoms with van der Waals surface area (Å²) < 4.78 is 6.23. The van der Waals surface area contributed by atoms with E-state index >= 15 is 0 Å². The minimum atomic E-state index is -0.621. The lowest BCUT2D eigenvalue weighted by Gasteiger charge is -2.49. The molecule has 13 nitrogen and oxygen atoms in total. The van der Waals surface area contributed by atoms with Gasteiger partial charge in [-0.1, -0.05) is 12.1 Å². The van der Waals surface area contributed by atoms with Crippen molar-refractivity contribution in [2.45, 2.75) is 63.3 Å². The molecule has 3 unspecified atom stereocenters. The van der Waals surface area contributed by atoms with Crippen LogP contribution < -0.4 is 20.3 Å². The first-order valence-electron chi connectivity index (χ1n) is 17.4. The van der Waals surface area contributed by atoms with E-state index in [0.717, 1.165) is 74.9 Å². The molecule has 49 heavy (non-hydrogen) atoms. The molecule has 5 aliphatic rings. The predicted molar refractivity (Wildman–Crippen MR) is 182 cm³/mol. The Morgan fingerprint density at radius 2 is 1.78 bits per heavy atom. The molecule has 3 amide bonds. The maximum absolute atomic E-state index is 13.0. The Morgan fingerprint density at radius 1 is 0.939 bits per heavy atom. The summed E-state index contributed by atoms with van der Waals surface area (Å²) in [4.78, 5) is 46.2. The summed E-state index contributed by atoms with van der Waals surface area (Å²) in [5.74, 6) is 0.860. The molecule has 0 spiro atoms. The van der Waals surface area contributed by atoms with Crippen LogP contribution in [0.25, 0.3) is 11.3 Å². The zero-order chi connectivity index (χ0) is 33.6. The van der Waals surface area contributed by atoms with Gasteiger partial charge in [0.15, 0.2) is 5.82 Å². The largest absolute Gasteiger partial charge is 0.507 e. The summed E-state index contributed by atoms with van der Waals surface area (Å²) in [7, 11) is 0. The molecule has 0 saturated carbocycles. The fourth-order valence-electron chi connectivity index (χ4n) is 8.12. The van der Waals surface area contributed by atoms with Gasteiger partial charge in [-0.3, -0.25) is 29.5 Å². The maximum atomic E-state index is 13.0. The van der Waals surface area contributed by atoms with Gasteiger partial charge in [-0.25, -0.2) is 0 Å². The molecule has 8 rings (SSSR count). The van der Waals surface area contributed by atoms with Crippen LogP contribution in [-0.2, 0) is 16.1 Å². The number of rotatable bonds is 7. The molecular weight excluding hydrogens is 624 g/mol. The number of piperidine rings is 2. The van der Waals surface area contributed by atoms with Gasteiger partial charge in [-0.15, -0.1) is 10.2 Å². The molecule has 3 aromatic rings. The molecule has 6 heterocycles. The van der Waals surface area contributed by atoms with Crippen molar-refractivity contribution in [1.82, 2.24) is 30.2 Å². The normalized spacial score (nSPS) is 23.7. The number of nitrogens with one attached hydrogen (secondary N) is 2. The highest BCUT2D eigenvalue weighted by molar-refractivity contribution is 6.05. The van der Waals surface area contributed by atoms with Gasteiger partial charge in [0.1, 0.15) is 24.1 Å². The lowest BCUT2D eigenvalue weighted by molar-refractivity contribution is -0.136. The third kappa shape index (κ3) is 6.05. The Balaban J connectivity index is 0.826. The first-order valence-corrected chi connectivity index (χ1v) is 17.4. The number of imide groups is 1. The smallest absolute Gasteiger partial charge is 0.255 e. The van der Waals surface area contributed by atoms with Gasteiger partial charge >= 0.3 is 0 Å². The van der Waals surface area contributed by atoms with Crippen LogP contribution in [-0.4, -0.2) is 118 Å². The lowest BCUT2D eigenvalue weighted by Crippen LogP contribution is -2.61. The molecule has 5 aliphatic heterocycles. The molecule has 0 aliphatic carbocycles. The molecule has 3 N–H and O–H groups in total. The molecule has 13 heteroatoms. The van der Waals surface area contributed by atoms with Gasteiger partial charge in [-0.2, -0.15) is 0 Å². The van der Waals surface area contributed by atoms with E-state index in [4.69, 9.17) is 4.74 Å². The quantitative estimate of drug-likeness (QED) is 0.320. The summed E-state index contributed by atoms with van der Waals surface area (Å²) in [6.07, 6.45) is 2.81. The standard InChI is InChI=1S/C36H42N8O5/c1-22(21-49-26-6-7-27-23(16-26)19-44(36(27)48)30-8-9-33(46)38-35(30)47)41-12-10-24(11-13-41)42-14-15-43-25(20-42)18-37-34-31(43)17-29(39-40-34)28-4-2-3-5-32(28)45/h2-7,16-17,22,24-25,30,45H,8-15,18-21H2,1H3,(H,37,40)(H,38,46,47). The van der Waals surface area contributed by atoms with Crippen molar-refractivity contribution < 1.29 is 24.2 Å². The van der Waals surface area contributed by atoms with Gasteiger partial charge in [0, 0.05) is 75.4 Å². The van der Waals surface area contributed by atoms with Crippen molar-refractivity contribution in [3.8, 4) is 22.8 Å². The number of fused-ring (bicyclic) bond motifs is 4. The number of aromatic hydroxyl groups is 1. The van der Waals surface area contributed by atoms with Crippen molar-refractivity contribution in [2.24, 2.45) is 0 Å². The summed E-state index contributed by atoms with van der Waals surface area (Å²) in [5.41, 5.74) is 3.85. The summed E-state index contributed by atoms with van der Waals surface area (Å²) >= 11 is 0. The average molecular weight is 667 g/mol. The zero-order valence-electron chi connectivity index (χ0n) is 27.7. The molecule has 0 radical (unpaired) electrons. The Labute approximate surface area is 285 Å². The van der Waals surface area contributed by atoms with Gasteiger partial charge in [0.25, 0.3) is 5.91 Å². The number of likely N-dealkylation sites (tertiary alicyclic amines) is 1. The van der Waals surface area contributed by atoms with E-state index in [9.17, 15) is 19.5 Å². The van der Waals surface area contributed by atoms with E-state index in [1.165, 1.54) is 0 Å². The monoisotopic (exact) mass is 666 g/mol. The molecular formula is C36H42N8O5. The summed E-state index contributed by atoms with van der Waals surface area (Å²) in [5, 5.41) is 25.1. The number of amides is 3. The number of para-hydroxylation sites is 1. The number of phenols is 1. The average Bonchev–Trinajstić information content (AvgIpc) is 3.45. The Morgan fingerprint density at radius 3 is 2.59 bits per heavy atom. The van der Waals surface area contributed by atoms with E-state index in [0.29, 0.717) is 48.5 Å². The van der Waals surface area contributed by atoms with E-state index in [-0.39, 0.29) is 30.0 Å². The number of phenolic OH excluding ortho intramolecular Hbond substituents is 1. The maximum Gasteiger partial charge on any atom is 0.255 e. The highest BCUT2D eigenvalue weighted by Crippen LogP contribution is 2.37. The van der Waals surface area contributed by atoms with E-state index in [1.807, 2.05) is 36.4 Å². The second-order valence-electron chi connectivity index (χ2n) is 13.8. The van der Waals surface area contributed by atoms with Crippen LogP contribution in [0.5, 0.6) is 11.5 Å². The van der Waals surface area contributed by atoms with Crippen LogP contribution in [0.3, 0.4) is 0 Å². The predicted octanol–water partition coefficient (Wildman–Crippen LogP) is 2.46. The van der Waals surface area contributed by atoms with Crippen LogP contribution in [0.2, 0.25) is 0 Å². The number of anilines is 2. The van der Waals surface area contributed by atoms with Crippen LogP contribution in [0.15, 0.2) is 48.5 Å². The van der Waals surface area contributed by atoms with Crippen molar-refractivity contribution in [2.75, 3.05) is 56.1 Å². The number of ether oxygens (including phenoxy) is 1. The molecule has 3 atom stereocenters. The third-order valence-corrected chi connectivity index (χ3v) is 10.9. The Hall–Kier alpha value is -4.75. The van der Waals surface area contributed by atoms with Crippen LogP contribution in [0.1, 0.15) is 48.5 Å². The molecule has 2 aromatic carbocycles. The molecule has 256 valence electrons. The number of benzene rings is 2. The summed E-state index contributed by atoms with van der Waals surface area (Å²) in [6.45, 7) is 8.86. The van der Waals surface area contributed by atoms with Gasteiger partial charge < -0.3 is 25.0 Å².